The Kier molecular flexibility index (Phi) is 6.62. The molecule has 2 aromatic carbocycles. The van der Waals surface area contributed by atoms with Gasteiger partial charge in [-0.3, -0.25) is 9.10 Å². The van der Waals surface area contributed by atoms with Crippen molar-refractivity contribution in [3.63, 3.8) is 0 Å². The molecular formula is C18H20FNO6S. The van der Waals surface area contributed by atoms with E-state index in [1.807, 2.05) is 0 Å². The maximum atomic E-state index is 13.2. The van der Waals surface area contributed by atoms with Gasteiger partial charge in [0.05, 0.1) is 31.4 Å². The average molecular weight is 397 g/mol. The molecular weight excluding hydrogens is 377 g/mol. The lowest BCUT2D eigenvalue weighted by Gasteiger charge is -2.24. The van der Waals surface area contributed by atoms with Gasteiger partial charge in [0.1, 0.15) is 12.4 Å². The predicted molar refractivity (Wildman–Crippen MR) is 97.1 cm³/mol. The summed E-state index contributed by atoms with van der Waals surface area (Å²) in [4.78, 5) is 11.8. The van der Waals surface area contributed by atoms with Gasteiger partial charge in [-0.2, -0.15) is 0 Å². The molecule has 0 N–H and O–H groups in total. The lowest BCUT2D eigenvalue weighted by Crippen LogP contribution is -2.36. The molecule has 9 heteroatoms. The average Bonchev–Trinajstić information content (AvgIpc) is 2.66. The Morgan fingerprint density at radius 2 is 1.67 bits per heavy atom. The first-order valence-corrected chi connectivity index (χ1v) is 9.43. The number of methoxy groups -OCH3 is 2. The number of rotatable bonds is 8. The van der Waals surface area contributed by atoms with Crippen LogP contribution in [0.2, 0.25) is 0 Å². The minimum Gasteiger partial charge on any atom is -0.493 e. The Bertz CT molecular complexity index is 899. The summed E-state index contributed by atoms with van der Waals surface area (Å²) in [6.07, 6.45) is 0. The van der Waals surface area contributed by atoms with Gasteiger partial charge in [-0.1, -0.05) is 0 Å². The third-order valence-electron chi connectivity index (χ3n) is 3.64. The maximum absolute atomic E-state index is 13.2. The highest BCUT2D eigenvalue weighted by atomic mass is 32.2. The van der Waals surface area contributed by atoms with Crippen LogP contribution in [0, 0.1) is 5.82 Å². The first-order chi connectivity index (χ1) is 12.8. The summed E-state index contributed by atoms with van der Waals surface area (Å²) >= 11 is 0. The summed E-state index contributed by atoms with van der Waals surface area (Å²) in [7, 11) is -1.36. The van der Waals surface area contributed by atoms with E-state index in [9.17, 15) is 17.6 Å². The van der Waals surface area contributed by atoms with Gasteiger partial charge in [-0.25, -0.2) is 12.8 Å². The number of esters is 1. The molecule has 0 aliphatic carbocycles. The number of carbonyl (C=O) groups is 1. The van der Waals surface area contributed by atoms with E-state index in [0.29, 0.717) is 5.75 Å². The number of hydrogen-bond donors (Lipinski definition) is 0. The van der Waals surface area contributed by atoms with Gasteiger partial charge in [0.25, 0.3) is 10.0 Å². The number of anilines is 1. The van der Waals surface area contributed by atoms with Gasteiger partial charge in [-0.15, -0.1) is 0 Å². The van der Waals surface area contributed by atoms with E-state index in [2.05, 4.69) is 0 Å². The number of nitrogens with zero attached hydrogens (tertiary/aromatic N) is 1. The number of benzene rings is 2. The van der Waals surface area contributed by atoms with E-state index in [-0.39, 0.29) is 22.9 Å². The van der Waals surface area contributed by atoms with Crippen LogP contribution >= 0.6 is 0 Å². The van der Waals surface area contributed by atoms with Crippen LogP contribution in [-0.4, -0.2) is 41.8 Å². The molecule has 0 amide bonds. The molecule has 2 aromatic rings. The topological polar surface area (TPSA) is 82.1 Å². The van der Waals surface area contributed by atoms with Gasteiger partial charge in [-0.05, 0) is 43.3 Å². The molecule has 7 nitrogen and oxygen atoms in total. The van der Waals surface area contributed by atoms with E-state index in [1.54, 1.807) is 6.92 Å². The van der Waals surface area contributed by atoms with Crippen molar-refractivity contribution in [2.45, 2.75) is 11.8 Å². The molecule has 27 heavy (non-hydrogen) atoms. The van der Waals surface area contributed by atoms with Gasteiger partial charge in [0.15, 0.2) is 11.5 Å². The quantitative estimate of drug-likeness (QED) is 0.637. The van der Waals surface area contributed by atoms with Crippen LogP contribution in [0.3, 0.4) is 0 Å². The van der Waals surface area contributed by atoms with Crippen molar-refractivity contribution in [1.29, 1.82) is 0 Å². The zero-order valence-corrected chi connectivity index (χ0v) is 16.0. The minimum atomic E-state index is -4.16. The van der Waals surface area contributed by atoms with Gasteiger partial charge in [0.2, 0.25) is 0 Å². The number of ether oxygens (including phenoxy) is 3. The number of carbonyl (C=O) groups excluding carboxylic acids is 1. The predicted octanol–water partition coefficient (Wildman–Crippen LogP) is 2.60. The van der Waals surface area contributed by atoms with E-state index in [4.69, 9.17) is 14.2 Å². The maximum Gasteiger partial charge on any atom is 0.326 e. The third kappa shape index (κ3) is 4.68. The van der Waals surface area contributed by atoms with E-state index in [0.717, 1.165) is 16.4 Å². The second kappa shape index (κ2) is 8.72. The summed E-state index contributed by atoms with van der Waals surface area (Å²) in [6, 6.07) is 8.82. The minimum absolute atomic E-state index is 0.104. The smallest absolute Gasteiger partial charge is 0.326 e. The van der Waals surface area contributed by atoms with Crippen molar-refractivity contribution in [3.05, 3.63) is 48.3 Å². The first-order valence-electron chi connectivity index (χ1n) is 7.99. The Morgan fingerprint density at radius 1 is 1.04 bits per heavy atom. The summed E-state index contributed by atoms with van der Waals surface area (Å²) in [5, 5.41) is 0. The monoisotopic (exact) mass is 397 g/mol. The third-order valence-corrected chi connectivity index (χ3v) is 5.41. The van der Waals surface area contributed by atoms with Crippen molar-refractivity contribution in [2.24, 2.45) is 0 Å². The van der Waals surface area contributed by atoms with E-state index in [1.165, 1.54) is 44.6 Å². The number of halogens is 1. The Morgan fingerprint density at radius 3 is 2.22 bits per heavy atom. The van der Waals surface area contributed by atoms with Crippen molar-refractivity contribution >= 4 is 21.7 Å². The molecule has 0 radical (unpaired) electrons. The van der Waals surface area contributed by atoms with Gasteiger partial charge >= 0.3 is 5.97 Å². The molecule has 0 unspecified atom stereocenters. The van der Waals surface area contributed by atoms with Crippen molar-refractivity contribution < 1.29 is 31.8 Å². The molecule has 0 spiro atoms. The van der Waals surface area contributed by atoms with Crippen molar-refractivity contribution in [1.82, 2.24) is 0 Å². The van der Waals surface area contributed by atoms with Gasteiger partial charge < -0.3 is 14.2 Å². The zero-order valence-electron chi connectivity index (χ0n) is 15.1. The van der Waals surface area contributed by atoms with Crippen molar-refractivity contribution in [3.8, 4) is 11.5 Å². The lowest BCUT2D eigenvalue weighted by atomic mass is 10.3. The first kappa shape index (κ1) is 20.5. The fourth-order valence-electron chi connectivity index (χ4n) is 2.35. The van der Waals surface area contributed by atoms with E-state index >= 15 is 0 Å². The van der Waals surface area contributed by atoms with Crippen LogP contribution in [0.25, 0.3) is 0 Å². The highest BCUT2D eigenvalue weighted by Crippen LogP contribution is 2.32. The Hall–Kier alpha value is -2.81. The normalized spacial score (nSPS) is 11.0. The fourth-order valence-corrected chi connectivity index (χ4v) is 3.78. The number of sulfonamides is 1. The molecule has 0 atom stereocenters. The molecule has 0 saturated heterocycles. The molecule has 0 aliphatic rings. The zero-order chi connectivity index (χ0) is 20.0. The molecule has 0 bridgehead atoms. The van der Waals surface area contributed by atoms with Crippen LogP contribution < -0.4 is 13.8 Å². The fraction of sp³-hybridized carbons (Fsp3) is 0.278. The van der Waals surface area contributed by atoms with Crippen LogP contribution in [0.1, 0.15) is 6.92 Å². The number of hydrogen-bond acceptors (Lipinski definition) is 6. The molecule has 0 aliphatic heterocycles. The molecule has 0 fully saturated rings. The van der Waals surface area contributed by atoms with E-state index < -0.39 is 28.4 Å². The lowest BCUT2D eigenvalue weighted by molar-refractivity contribution is -0.141. The molecule has 0 aromatic heterocycles. The van der Waals surface area contributed by atoms with Crippen LogP contribution in [-0.2, 0) is 19.6 Å². The summed E-state index contributed by atoms with van der Waals surface area (Å²) < 4.78 is 55.5. The summed E-state index contributed by atoms with van der Waals surface area (Å²) in [5.74, 6) is -0.687. The largest absolute Gasteiger partial charge is 0.493 e. The van der Waals surface area contributed by atoms with Gasteiger partial charge in [0, 0.05) is 6.07 Å². The highest BCUT2D eigenvalue weighted by molar-refractivity contribution is 7.92. The van der Waals surface area contributed by atoms with Crippen LogP contribution in [0.4, 0.5) is 10.1 Å². The second-order valence-electron chi connectivity index (χ2n) is 5.31. The van der Waals surface area contributed by atoms with Crippen molar-refractivity contribution in [2.75, 3.05) is 31.7 Å². The summed E-state index contributed by atoms with van der Waals surface area (Å²) in [5.41, 5.74) is 0.124. The molecule has 2 rings (SSSR count). The Balaban J connectivity index is 2.52. The molecule has 0 saturated carbocycles. The molecule has 0 heterocycles. The Labute approximate surface area is 157 Å². The van der Waals surface area contributed by atoms with Crippen LogP contribution in [0.15, 0.2) is 47.4 Å². The standard InChI is InChI=1S/C18H20FNO6S/c1-4-26-18(21)12-20(14-7-5-13(19)6-8-14)27(22,23)15-9-10-16(24-2)17(11-15)25-3/h5-11H,4,12H2,1-3H3. The highest BCUT2D eigenvalue weighted by Gasteiger charge is 2.28. The molecule has 146 valence electrons. The SMILES string of the molecule is CCOC(=O)CN(c1ccc(F)cc1)S(=O)(=O)c1ccc(OC)c(OC)c1. The summed E-state index contributed by atoms with van der Waals surface area (Å²) in [6.45, 7) is 1.16. The second-order valence-corrected chi connectivity index (χ2v) is 7.17. The van der Waals surface area contributed by atoms with Crippen LogP contribution in [0.5, 0.6) is 11.5 Å².